The molecule has 4 heterocycles. The number of halogens is 3. The van der Waals surface area contributed by atoms with Gasteiger partial charge in [0.2, 0.25) is 5.91 Å². The summed E-state index contributed by atoms with van der Waals surface area (Å²) in [7, 11) is 1.64. The second-order valence-electron chi connectivity index (χ2n) is 8.81. The Labute approximate surface area is 225 Å². The molecule has 0 spiro atoms. The summed E-state index contributed by atoms with van der Waals surface area (Å²) >= 11 is 3.09. The van der Waals surface area contributed by atoms with Gasteiger partial charge in [0.1, 0.15) is 15.7 Å². The lowest BCUT2D eigenvalue weighted by molar-refractivity contribution is -0.141. The quantitative estimate of drug-likeness (QED) is 0.240. The summed E-state index contributed by atoms with van der Waals surface area (Å²) in [6.07, 6.45) is -2.05. The van der Waals surface area contributed by atoms with Crippen LogP contribution in [0.2, 0.25) is 0 Å². The maximum absolute atomic E-state index is 12.9. The van der Waals surface area contributed by atoms with Gasteiger partial charge in [-0.15, -0.1) is 22.7 Å². The van der Waals surface area contributed by atoms with Crippen molar-refractivity contribution in [3.05, 3.63) is 52.7 Å². The number of nitrogens with zero attached hydrogens (tertiary/aromatic N) is 2. The number of anilines is 1. The molecule has 4 aromatic rings. The summed E-state index contributed by atoms with van der Waals surface area (Å²) in [5.41, 5.74) is 3.40. The Balaban J connectivity index is 1.42. The largest absolute Gasteiger partial charge is 0.433 e. The standard InChI is InChI=1S/C26H26F3N5O2S2/c1-36-11-10-30-9-7-22(35)34-25-23(17-6-8-31-14-20(17)38-25)24-33-18-4-2-15(12-19(18)37-24)16-3-5-21(32-13-16)26(27,28)29/h2-5,12-13,30-31H,6-11,14H2,1H3,(H,34,35). The van der Waals surface area contributed by atoms with Gasteiger partial charge in [0.05, 0.1) is 16.8 Å². The van der Waals surface area contributed by atoms with Crippen molar-refractivity contribution in [1.29, 1.82) is 0 Å². The fraction of sp³-hybridized carbons (Fsp3) is 0.346. The van der Waals surface area contributed by atoms with Crippen molar-refractivity contribution in [1.82, 2.24) is 20.6 Å². The average Bonchev–Trinajstić information content (AvgIpc) is 3.48. The van der Waals surface area contributed by atoms with Gasteiger partial charge in [-0.25, -0.2) is 4.98 Å². The molecule has 3 N–H and O–H groups in total. The first-order chi connectivity index (χ1) is 18.3. The third kappa shape index (κ3) is 5.89. The number of ether oxygens (including phenoxy) is 1. The van der Waals surface area contributed by atoms with Gasteiger partial charge in [-0.2, -0.15) is 13.2 Å². The average molecular weight is 562 g/mol. The molecule has 38 heavy (non-hydrogen) atoms. The molecule has 1 aliphatic heterocycles. The molecule has 1 amide bonds. The fourth-order valence-electron chi connectivity index (χ4n) is 4.28. The highest BCUT2D eigenvalue weighted by Gasteiger charge is 2.32. The minimum Gasteiger partial charge on any atom is -0.383 e. The molecule has 0 unspecified atom stereocenters. The van der Waals surface area contributed by atoms with Gasteiger partial charge >= 0.3 is 6.18 Å². The van der Waals surface area contributed by atoms with E-state index in [4.69, 9.17) is 9.72 Å². The molecule has 0 fully saturated rings. The molecule has 0 saturated heterocycles. The zero-order valence-corrected chi connectivity index (χ0v) is 22.2. The summed E-state index contributed by atoms with van der Waals surface area (Å²) in [4.78, 5) is 22.4. The minimum atomic E-state index is -4.47. The van der Waals surface area contributed by atoms with Crippen LogP contribution in [0.15, 0.2) is 36.5 Å². The lowest BCUT2D eigenvalue weighted by atomic mass is 10.0. The number of nitrogens with one attached hydrogen (secondary N) is 3. The van der Waals surface area contributed by atoms with Crippen LogP contribution in [0, 0.1) is 0 Å². The van der Waals surface area contributed by atoms with E-state index in [9.17, 15) is 18.0 Å². The van der Waals surface area contributed by atoms with Gasteiger partial charge in [0, 0.05) is 55.4 Å². The number of carbonyl (C=O) groups is 1. The Morgan fingerprint density at radius 2 is 2.00 bits per heavy atom. The molecule has 0 radical (unpaired) electrons. The van der Waals surface area contributed by atoms with Crippen LogP contribution in [0.1, 0.15) is 22.6 Å². The molecule has 200 valence electrons. The molecule has 12 heteroatoms. The van der Waals surface area contributed by atoms with E-state index in [-0.39, 0.29) is 5.91 Å². The summed E-state index contributed by atoms with van der Waals surface area (Å²) in [5, 5.41) is 11.3. The van der Waals surface area contributed by atoms with Crippen molar-refractivity contribution >= 4 is 43.8 Å². The lowest BCUT2D eigenvalue weighted by Crippen LogP contribution is -2.24. The summed E-state index contributed by atoms with van der Waals surface area (Å²) in [6, 6.07) is 8.05. The molecule has 0 saturated carbocycles. The van der Waals surface area contributed by atoms with Crippen LogP contribution in [0.3, 0.4) is 0 Å². The topological polar surface area (TPSA) is 88.2 Å². The predicted molar refractivity (Wildman–Crippen MR) is 145 cm³/mol. The third-order valence-corrected chi connectivity index (χ3v) is 8.37. The number of hydrogen-bond acceptors (Lipinski definition) is 8. The number of thiophene rings is 1. The van der Waals surface area contributed by atoms with E-state index in [1.54, 1.807) is 18.4 Å². The van der Waals surface area contributed by atoms with E-state index >= 15 is 0 Å². The van der Waals surface area contributed by atoms with Gasteiger partial charge in [-0.3, -0.25) is 9.78 Å². The Morgan fingerprint density at radius 1 is 1.16 bits per heavy atom. The molecular formula is C26H26F3N5O2S2. The van der Waals surface area contributed by atoms with Crippen molar-refractivity contribution in [2.75, 3.05) is 38.7 Å². The number of rotatable bonds is 9. The van der Waals surface area contributed by atoms with Crippen molar-refractivity contribution in [3.8, 4) is 21.7 Å². The molecule has 0 atom stereocenters. The zero-order valence-electron chi connectivity index (χ0n) is 20.6. The number of amides is 1. The highest BCUT2D eigenvalue weighted by Crippen LogP contribution is 2.45. The first-order valence-corrected chi connectivity index (χ1v) is 13.8. The number of carbonyl (C=O) groups excluding carboxylic acids is 1. The van der Waals surface area contributed by atoms with Gasteiger partial charge in [-0.1, -0.05) is 12.1 Å². The van der Waals surface area contributed by atoms with Crippen LogP contribution in [0.4, 0.5) is 18.2 Å². The Hall–Kier alpha value is -2.90. The monoisotopic (exact) mass is 561 g/mol. The van der Waals surface area contributed by atoms with Crippen LogP contribution in [0.5, 0.6) is 0 Å². The van der Waals surface area contributed by atoms with E-state index in [0.29, 0.717) is 31.7 Å². The second-order valence-corrected chi connectivity index (χ2v) is 10.9. The Bertz CT molecular complexity index is 1430. The fourth-order valence-corrected chi connectivity index (χ4v) is 6.67. The number of hydrogen-bond donors (Lipinski definition) is 3. The summed E-state index contributed by atoms with van der Waals surface area (Å²) in [6.45, 7) is 3.43. The number of aromatic nitrogens is 2. The third-order valence-electron chi connectivity index (χ3n) is 6.18. The normalized spacial score (nSPS) is 13.6. The SMILES string of the molecule is COCCNCCC(=O)Nc1sc2c(c1-c1nc3ccc(-c4ccc(C(F)(F)F)nc4)cc3s1)CCNC2. The molecule has 1 aromatic carbocycles. The minimum absolute atomic E-state index is 0.0686. The van der Waals surface area contributed by atoms with Crippen molar-refractivity contribution in [3.63, 3.8) is 0 Å². The number of alkyl halides is 3. The van der Waals surface area contributed by atoms with Crippen LogP contribution in [-0.2, 0) is 28.7 Å². The van der Waals surface area contributed by atoms with Crippen LogP contribution < -0.4 is 16.0 Å². The number of methoxy groups -OCH3 is 1. The first-order valence-electron chi connectivity index (χ1n) is 12.1. The van der Waals surface area contributed by atoms with Crippen molar-refractivity contribution in [2.45, 2.75) is 25.6 Å². The molecule has 7 nitrogen and oxygen atoms in total. The highest BCUT2D eigenvalue weighted by atomic mass is 32.1. The molecule has 3 aromatic heterocycles. The van der Waals surface area contributed by atoms with Gasteiger partial charge in [0.25, 0.3) is 0 Å². The van der Waals surface area contributed by atoms with Crippen LogP contribution in [0.25, 0.3) is 31.9 Å². The summed E-state index contributed by atoms with van der Waals surface area (Å²) < 4.78 is 44.6. The van der Waals surface area contributed by atoms with E-state index in [1.807, 2.05) is 18.2 Å². The Morgan fingerprint density at radius 3 is 2.76 bits per heavy atom. The molecule has 0 aliphatic carbocycles. The number of pyridine rings is 1. The molecule has 0 bridgehead atoms. The smallest absolute Gasteiger partial charge is 0.383 e. The number of fused-ring (bicyclic) bond motifs is 2. The predicted octanol–water partition coefficient (Wildman–Crippen LogP) is 5.32. The number of benzene rings is 1. The van der Waals surface area contributed by atoms with E-state index in [1.165, 1.54) is 34.0 Å². The van der Waals surface area contributed by atoms with Gasteiger partial charge in [-0.05, 0) is 42.3 Å². The van der Waals surface area contributed by atoms with Crippen LogP contribution in [-0.4, -0.2) is 49.2 Å². The summed E-state index contributed by atoms with van der Waals surface area (Å²) in [5.74, 6) is -0.0686. The van der Waals surface area contributed by atoms with Gasteiger partial charge < -0.3 is 20.7 Å². The maximum Gasteiger partial charge on any atom is 0.433 e. The van der Waals surface area contributed by atoms with Gasteiger partial charge in [0.15, 0.2) is 0 Å². The van der Waals surface area contributed by atoms with Crippen molar-refractivity contribution in [2.24, 2.45) is 0 Å². The number of thiazole rings is 1. The molecule has 5 rings (SSSR count). The Kier molecular flexibility index (Phi) is 8.05. The van der Waals surface area contributed by atoms with Crippen LogP contribution >= 0.6 is 22.7 Å². The first kappa shape index (κ1) is 26.7. The molecular weight excluding hydrogens is 535 g/mol. The van der Waals surface area contributed by atoms with E-state index in [2.05, 4.69) is 20.9 Å². The van der Waals surface area contributed by atoms with E-state index < -0.39 is 11.9 Å². The van der Waals surface area contributed by atoms with E-state index in [0.717, 1.165) is 56.9 Å². The second kappa shape index (κ2) is 11.5. The maximum atomic E-state index is 12.9. The van der Waals surface area contributed by atoms with Crippen molar-refractivity contribution < 1.29 is 22.7 Å². The highest BCUT2D eigenvalue weighted by molar-refractivity contribution is 7.23. The zero-order chi connectivity index (χ0) is 26.7. The molecule has 1 aliphatic rings. The lowest BCUT2D eigenvalue weighted by Gasteiger charge is -2.13.